The Morgan fingerprint density at radius 2 is 2.27 bits per heavy atom. The van der Waals surface area contributed by atoms with E-state index in [0.29, 0.717) is 6.04 Å². The molecule has 1 rings (SSSR count). The van der Waals surface area contributed by atoms with Gasteiger partial charge in [0.25, 0.3) is 0 Å². The number of hydrogen-bond donors (Lipinski definition) is 2. The largest absolute Gasteiger partial charge is 0.481 e. The first kappa shape index (κ1) is 12.2. The molecule has 0 aromatic rings. The molecule has 15 heavy (non-hydrogen) atoms. The molecule has 0 heterocycles. The van der Waals surface area contributed by atoms with Crippen LogP contribution in [0, 0.1) is 5.92 Å². The molecule has 0 aromatic carbocycles. The van der Waals surface area contributed by atoms with Gasteiger partial charge in [0.05, 0.1) is 5.92 Å². The average Bonchev–Trinajstić information content (AvgIpc) is 2.17. The highest BCUT2D eigenvalue weighted by Crippen LogP contribution is 2.24. The Kier molecular flexibility index (Phi) is 4.82. The van der Waals surface area contributed by atoms with Gasteiger partial charge in [-0.05, 0) is 39.2 Å². The molecule has 0 saturated heterocycles. The highest BCUT2D eigenvalue weighted by molar-refractivity contribution is 5.70. The van der Waals surface area contributed by atoms with Gasteiger partial charge in [-0.25, -0.2) is 0 Å². The van der Waals surface area contributed by atoms with E-state index < -0.39 is 5.97 Å². The van der Waals surface area contributed by atoms with Crippen molar-refractivity contribution in [2.24, 2.45) is 5.92 Å². The molecule has 86 valence electrons. The molecular formula is C12H21NO2. The third kappa shape index (κ3) is 4.47. The number of aliphatic carboxylic acids is 1. The van der Waals surface area contributed by atoms with Crippen LogP contribution in [0.2, 0.25) is 0 Å². The second-order valence-electron chi connectivity index (χ2n) is 4.56. The number of rotatable bonds is 5. The molecule has 2 N–H and O–H groups in total. The lowest BCUT2D eigenvalue weighted by Crippen LogP contribution is -2.36. The Hall–Kier alpha value is -0.830. The second kappa shape index (κ2) is 5.91. The predicted molar refractivity (Wildman–Crippen MR) is 60.8 cm³/mol. The first-order chi connectivity index (χ1) is 7.09. The first-order valence-electron chi connectivity index (χ1n) is 5.70. The summed E-state index contributed by atoms with van der Waals surface area (Å²) in [5.74, 6) is -0.775. The van der Waals surface area contributed by atoms with Crippen molar-refractivity contribution in [2.45, 2.75) is 45.1 Å². The molecule has 0 aliphatic heterocycles. The SMILES string of the molecule is C=C(C)CCNC1CCCC(C(=O)O)C1. The minimum atomic E-state index is -0.638. The lowest BCUT2D eigenvalue weighted by Gasteiger charge is -2.27. The zero-order valence-corrected chi connectivity index (χ0v) is 9.46. The zero-order chi connectivity index (χ0) is 11.3. The quantitative estimate of drug-likeness (QED) is 0.685. The number of hydrogen-bond acceptors (Lipinski definition) is 2. The summed E-state index contributed by atoms with van der Waals surface area (Å²) < 4.78 is 0. The fourth-order valence-corrected chi connectivity index (χ4v) is 2.09. The van der Waals surface area contributed by atoms with Gasteiger partial charge in [-0.3, -0.25) is 4.79 Å². The summed E-state index contributed by atoms with van der Waals surface area (Å²) in [5, 5.41) is 12.3. The van der Waals surface area contributed by atoms with Crippen LogP contribution >= 0.6 is 0 Å². The van der Waals surface area contributed by atoms with Crippen molar-refractivity contribution >= 4 is 5.97 Å². The molecule has 0 spiro atoms. The molecule has 1 fully saturated rings. The molecule has 3 nitrogen and oxygen atoms in total. The number of carboxylic acids is 1. The fraction of sp³-hybridized carbons (Fsp3) is 0.750. The summed E-state index contributed by atoms with van der Waals surface area (Å²) in [6.45, 7) is 6.79. The smallest absolute Gasteiger partial charge is 0.306 e. The lowest BCUT2D eigenvalue weighted by molar-refractivity contribution is -0.143. The Bertz CT molecular complexity index is 238. The van der Waals surface area contributed by atoms with Crippen LogP contribution < -0.4 is 5.32 Å². The predicted octanol–water partition coefficient (Wildman–Crippen LogP) is 2.19. The van der Waals surface area contributed by atoms with E-state index in [1.54, 1.807) is 0 Å². The van der Waals surface area contributed by atoms with Crippen LogP contribution in [0.25, 0.3) is 0 Å². The minimum absolute atomic E-state index is 0.138. The van der Waals surface area contributed by atoms with Crippen LogP contribution in [-0.4, -0.2) is 23.7 Å². The van der Waals surface area contributed by atoms with Gasteiger partial charge < -0.3 is 10.4 Å². The van der Waals surface area contributed by atoms with E-state index in [1.165, 1.54) is 5.57 Å². The highest BCUT2D eigenvalue weighted by atomic mass is 16.4. The fourth-order valence-electron chi connectivity index (χ4n) is 2.09. The van der Waals surface area contributed by atoms with Gasteiger partial charge in [-0.1, -0.05) is 12.0 Å². The highest BCUT2D eigenvalue weighted by Gasteiger charge is 2.26. The van der Waals surface area contributed by atoms with Crippen LogP contribution in [0.1, 0.15) is 39.0 Å². The molecule has 0 radical (unpaired) electrons. The first-order valence-corrected chi connectivity index (χ1v) is 5.70. The Labute approximate surface area is 91.6 Å². The molecule has 2 unspecified atom stereocenters. The van der Waals surface area contributed by atoms with Crippen molar-refractivity contribution in [1.29, 1.82) is 0 Å². The normalized spacial score (nSPS) is 26.2. The van der Waals surface area contributed by atoms with E-state index in [2.05, 4.69) is 11.9 Å². The molecule has 1 saturated carbocycles. The summed E-state index contributed by atoms with van der Waals surface area (Å²) in [7, 11) is 0. The number of carbonyl (C=O) groups is 1. The van der Waals surface area contributed by atoms with Crippen LogP contribution in [0.3, 0.4) is 0 Å². The van der Waals surface area contributed by atoms with Crippen molar-refractivity contribution in [3.8, 4) is 0 Å². The minimum Gasteiger partial charge on any atom is -0.481 e. The van der Waals surface area contributed by atoms with Gasteiger partial charge >= 0.3 is 5.97 Å². The van der Waals surface area contributed by atoms with E-state index in [4.69, 9.17) is 5.11 Å². The lowest BCUT2D eigenvalue weighted by atomic mass is 9.86. The van der Waals surface area contributed by atoms with Gasteiger partial charge in [-0.15, -0.1) is 6.58 Å². The molecule has 0 aromatic heterocycles. The van der Waals surface area contributed by atoms with E-state index in [9.17, 15) is 4.79 Å². The van der Waals surface area contributed by atoms with Crippen molar-refractivity contribution in [2.75, 3.05) is 6.54 Å². The van der Waals surface area contributed by atoms with E-state index >= 15 is 0 Å². The number of carboxylic acid groups (broad SMARTS) is 1. The maximum atomic E-state index is 10.8. The van der Waals surface area contributed by atoms with E-state index in [-0.39, 0.29) is 5.92 Å². The van der Waals surface area contributed by atoms with E-state index in [1.807, 2.05) is 6.92 Å². The van der Waals surface area contributed by atoms with Crippen molar-refractivity contribution in [3.05, 3.63) is 12.2 Å². The molecular weight excluding hydrogens is 190 g/mol. The van der Waals surface area contributed by atoms with Gasteiger partial charge in [-0.2, -0.15) is 0 Å². The standard InChI is InChI=1S/C12H21NO2/c1-9(2)6-7-13-11-5-3-4-10(8-11)12(14)15/h10-11,13H,1,3-8H2,2H3,(H,14,15). The van der Waals surface area contributed by atoms with Crippen molar-refractivity contribution in [1.82, 2.24) is 5.32 Å². The molecule has 1 aliphatic carbocycles. The van der Waals surface area contributed by atoms with Gasteiger partial charge in [0.1, 0.15) is 0 Å². The summed E-state index contributed by atoms with van der Waals surface area (Å²) in [6.07, 6.45) is 4.75. The molecule has 0 amide bonds. The summed E-state index contributed by atoms with van der Waals surface area (Å²) in [4.78, 5) is 10.8. The monoisotopic (exact) mass is 211 g/mol. The molecule has 0 bridgehead atoms. The van der Waals surface area contributed by atoms with Crippen molar-refractivity contribution < 1.29 is 9.90 Å². The topological polar surface area (TPSA) is 49.3 Å². The molecule has 2 atom stereocenters. The van der Waals surface area contributed by atoms with Crippen LogP contribution in [-0.2, 0) is 4.79 Å². The molecule has 1 aliphatic rings. The van der Waals surface area contributed by atoms with Crippen molar-refractivity contribution in [3.63, 3.8) is 0 Å². The Morgan fingerprint density at radius 1 is 1.53 bits per heavy atom. The zero-order valence-electron chi connectivity index (χ0n) is 9.46. The third-order valence-electron chi connectivity index (χ3n) is 3.01. The Balaban J connectivity index is 2.24. The van der Waals surface area contributed by atoms with E-state index in [0.717, 1.165) is 38.6 Å². The number of nitrogens with one attached hydrogen (secondary N) is 1. The van der Waals surface area contributed by atoms with Gasteiger partial charge in [0.2, 0.25) is 0 Å². The molecule has 3 heteroatoms. The summed E-state index contributed by atoms with van der Waals surface area (Å²) >= 11 is 0. The van der Waals surface area contributed by atoms with Gasteiger partial charge in [0.15, 0.2) is 0 Å². The second-order valence-corrected chi connectivity index (χ2v) is 4.56. The summed E-state index contributed by atoms with van der Waals surface area (Å²) in [5.41, 5.74) is 1.17. The van der Waals surface area contributed by atoms with Crippen LogP contribution in [0.4, 0.5) is 0 Å². The Morgan fingerprint density at radius 3 is 2.87 bits per heavy atom. The average molecular weight is 211 g/mol. The van der Waals surface area contributed by atoms with Crippen LogP contribution in [0.15, 0.2) is 12.2 Å². The van der Waals surface area contributed by atoms with Gasteiger partial charge in [0, 0.05) is 6.04 Å². The maximum Gasteiger partial charge on any atom is 0.306 e. The third-order valence-corrected chi connectivity index (χ3v) is 3.01. The van der Waals surface area contributed by atoms with Crippen LogP contribution in [0.5, 0.6) is 0 Å². The summed E-state index contributed by atoms with van der Waals surface area (Å²) in [6, 6.07) is 0.388. The maximum absolute atomic E-state index is 10.8.